The standard InChI is InChI=1S/C21H22N2O2S/c1-14(2)15-8-10-16(11-9-15)22-20(24)13-26-19-12-21(25)23(3)18-7-5-4-6-17(18)19/h4-12,14H,13H2,1-3H3,(H,22,24). The van der Waals surface area contributed by atoms with Crippen molar-refractivity contribution in [2.24, 2.45) is 7.05 Å². The molecule has 134 valence electrons. The second-order valence-corrected chi connectivity index (χ2v) is 7.55. The van der Waals surface area contributed by atoms with Gasteiger partial charge < -0.3 is 9.88 Å². The molecule has 3 aromatic rings. The molecule has 0 bridgehead atoms. The molecule has 2 aromatic carbocycles. The molecule has 1 N–H and O–H groups in total. The van der Waals surface area contributed by atoms with Gasteiger partial charge in [0, 0.05) is 29.1 Å². The Morgan fingerprint density at radius 2 is 1.81 bits per heavy atom. The number of nitrogens with zero attached hydrogens (tertiary/aromatic N) is 1. The number of aromatic nitrogens is 1. The molecule has 0 atom stereocenters. The van der Waals surface area contributed by atoms with Gasteiger partial charge in [-0.05, 0) is 29.7 Å². The Balaban J connectivity index is 1.71. The molecule has 1 aromatic heterocycles. The zero-order chi connectivity index (χ0) is 18.7. The third-order valence-electron chi connectivity index (χ3n) is 4.34. The van der Waals surface area contributed by atoms with Gasteiger partial charge in [0.25, 0.3) is 5.56 Å². The predicted molar refractivity (Wildman–Crippen MR) is 109 cm³/mol. The van der Waals surface area contributed by atoms with E-state index in [1.807, 2.05) is 48.5 Å². The van der Waals surface area contributed by atoms with Gasteiger partial charge in [-0.25, -0.2) is 0 Å². The molecule has 0 saturated carbocycles. The molecule has 0 aliphatic heterocycles. The van der Waals surface area contributed by atoms with E-state index in [9.17, 15) is 9.59 Å². The van der Waals surface area contributed by atoms with Gasteiger partial charge in [0.15, 0.2) is 0 Å². The number of amides is 1. The van der Waals surface area contributed by atoms with Crippen LogP contribution < -0.4 is 10.9 Å². The van der Waals surface area contributed by atoms with Crippen molar-refractivity contribution in [3.8, 4) is 0 Å². The Bertz CT molecular complexity index is 991. The fourth-order valence-electron chi connectivity index (χ4n) is 2.79. The van der Waals surface area contributed by atoms with Crippen LogP contribution in [0.4, 0.5) is 5.69 Å². The van der Waals surface area contributed by atoms with Crippen molar-refractivity contribution in [1.82, 2.24) is 4.57 Å². The van der Waals surface area contributed by atoms with E-state index in [0.717, 1.165) is 21.5 Å². The number of hydrogen-bond donors (Lipinski definition) is 1. The Hall–Kier alpha value is -2.53. The molecular formula is C21H22N2O2S. The molecule has 0 saturated heterocycles. The Morgan fingerprint density at radius 1 is 1.12 bits per heavy atom. The minimum Gasteiger partial charge on any atom is -0.325 e. The molecule has 1 amide bonds. The van der Waals surface area contributed by atoms with E-state index < -0.39 is 0 Å². The number of pyridine rings is 1. The quantitative estimate of drug-likeness (QED) is 0.681. The van der Waals surface area contributed by atoms with E-state index in [0.29, 0.717) is 5.92 Å². The highest BCUT2D eigenvalue weighted by Gasteiger charge is 2.10. The van der Waals surface area contributed by atoms with E-state index in [4.69, 9.17) is 0 Å². The number of aryl methyl sites for hydroxylation is 1. The average Bonchev–Trinajstić information content (AvgIpc) is 2.64. The molecule has 0 aliphatic carbocycles. The number of benzene rings is 2. The molecule has 0 radical (unpaired) electrons. The maximum Gasteiger partial charge on any atom is 0.251 e. The highest BCUT2D eigenvalue weighted by atomic mass is 32.2. The summed E-state index contributed by atoms with van der Waals surface area (Å²) in [5.41, 5.74) is 2.82. The third kappa shape index (κ3) is 3.99. The Labute approximate surface area is 157 Å². The molecule has 0 spiro atoms. The van der Waals surface area contributed by atoms with Gasteiger partial charge in [0.1, 0.15) is 0 Å². The zero-order valence-corrected chi connectivity index (χ0v) is 16.0. The lowest BCUT2D eigenvalue weighted by Gasteiger charge is -2.10. The van der Waals surface area contributed by atoms with Crippen LogP contribution in [0, 0.1) is 0 Å². The molecule has 26 heavy (non-hydrogen) atoms. The first-order valence-electron chi connectivity index (χ1n) is 8.57. The molecule has 5 heteroatoms. The first-order valence-corrected chi connectivity index (χ1v) is 9.55. The summed E-state index contributed by atoms with van der Waals surface area (Å²) in [6.45, 7) is 4.28. The Morgan fingerprint density at radius 3 is 2.50 bits per heavy atom. The number of thioether (sulfide) groups is 1. The largest absolute Gasteiger partial charge is 0.325 e. The van der Waals surface area contributed by atoms with Crippen molar-refractivity contribution >= 4 is 34.3 Å². The van der Waals surface area contributed by atoms with Crippen molar-refractivity contribution < 1.29 is 4.79 Å². The van der Waals surface area contributed by atoms with Crippen molar-refractivity contribution in [3.63, 3.8) is 0 Å². The highest BCUT2D eigenvalue weighted by molar-refractivity contribution is 8.00. The highest BCUT2D eigenvalue weighted by Crippen LogP contribution is 2.26. The maximum absolute atomic E-state index is 12.3. The van der Waals surface area contributed by atoms with Crippen LogP contribution in [-0.2, 0) is 11.8 Å². The molecule has 4 nitrogen and oxygen atoms in total. The van der Waals surface area contributed by atoms with Gasteiger partial charge in [-0.3, -0.25) is 9.59 Å². The van der Waals surface area contributed by atoms with E-state index in [1.54, 1.807) is 17.7 Å². The summed E-state index contributed by atoms with van der Waals surface area (Å²) in [7, 11) is 1.76. The molecule has 3 rings (SSSR count). The van der Waals surface area contributed by atoms with Crippen molar-refractivity contribution in [2.45, 2.75) is 24.7 Å². The van der Waals surface area contributed by atoms with Gasteiger partial charge in [-0.15, -0.1) is 11.8 Å². The second kappa shape index (κ2) is 7.79. The lowest BCUT2D eigenvalue weighted by Crippen LogP contribution is -2.17. The van der Waals surface area contributed by atoms with Crippen LogP contribution in [0.3, 0.4) is 0 Å². The van der Waals surface area contributed by atoms with E-state index in [2.05, 4.69) is 19.2 Å². The molecule has 0 unspecified atom stereocenters. The van der Waals surface area contributed by atoms with Crippen LogP contribution in [-0.4, -0.2) is 16.2 Å². The second-order valence-electron chi connectivity index (χ2n) is 6.54. The monoisotopic (exact) mass is 366 g/mol. The summed E-state index contributed by atoms with van der Waals surface area (Å²) >= 11 is 1.38. The van der Waals surface area contributed by atoms with Crippen molar-refractivity contribution in [2.75, 3.05) is 11.1 Å². The summed E-state index contributed by atoms with van der Waals surface area (Å²) in [6, 6.07) is 17.2. The minimum absolute atomic E-state index is 0.0733. The minimum atomic E-state index is -0.0861. The molecule has 1 heterocycles. The van der Waals surface area contributed by atoms with Crippen LogP contribution in [0.15, 0.2) is 64.3 Å². The zero-order valence-electron chi connectivity index (χ0n) is 15.2. The normalized spacial score (nSPS) is 11.1. The molecule has 0 fully saturated rings. The van der Waals surface area contributed by atoms with Crippen LogP contribution >= 0.6 is 11.8 Å². The summed E-state index contributed by atoms with van der Waals surface area (Å²) < 4.78 is 1.62. The van der Waals surface area contributed by atoms with Gasteiger partial charge in [0.05, 0.1) is 11.3 Å². The van der Waals surface area contributed by atoms with Crippen molar-refractivity contribution in [3.05, 3.63) is 70.5 Å². The van der Waals surface area contributed by atoms with Crippen LogP contribution in [0.5, 0.6) is 0 Å². The predicted octanol–water partition coefficient (Wildman–Crippen LogP) is 4.39. The van der Waals surface area contributed by atoms with E-state index in [-0.39, 0.29) is 17.2 Å². The number of rotatable bonds is 5. The van der Waals surface area contributed by atoms with E-state index in [1.165, 1.54) is 17.3 Å². The summed E-state index contributed by atoms with van der Waals surface area (Å²) in [5, 5.41) is 3.89. The first-order chi connectivity index (χ1) is 12.5. The summed E-state index contributed by atoms with van der Waals surface area (Å²) in [5.74, 6) is 0.629. The smallest absolute Gasteiger partial charge is 0.251 e. The first kappa shape index (κ1) is 18.3. The average molecular weight is 366 g/mol. The topological polar surface area (TPSA) is 51.1 Å². The van der Waals surface area contributed by atoms with Crippen LogP contribution in [0.1, 0.15) is 25.3 Å². The van der Waals surface area contributed by atoms with Crippen LogP contribution in [0.2, 0.25) is 0 Å². The van der Waals surface area contributed by atoms with Gasteiger partial charge in [-0.1, -0.05) is 44.2 Å². The number of carbonyl (C=O) groups is 1. The number of para-hydroxylation sites is 1. The SMILES string of the molecule is CC(C)c1ccc(NC(=O)CSc2cc(=O)n(C)c3ccccc23)cc1. The van der Waals surface area contributed by atoms with Gasteiger partial charge in [0.2, 0.25) is 5.91 Å². The van der Waals surface area contributed by atoms with Crippen LogP contribution in [0.25, 0.3) is 10.9 Å². The summed E-state index contributed by atoms with van der Waals surface area (Å²) in [4.78, 5) is 25.2. The number of nitrogens with one attached hydrogen (secondary N) is 1. The Kier molecular flexibility index (Phi) is 5.47. The van der Waals surface area contributed by atoms with Crippen molar-refractivity contribution in [1.29, 1.82) is 0 Å². The lowest BCUT2D eigenvalue weighted by atomic mass is 10.0. The molecule has 0 aliphatic rings. The summed E-state index contributed by atoms with van der Waals surface area (Å²) in [6.07, 6.45) is 0. The number of anilines is 1. The fraction of sp³-hybridized carbons (Fsp3) is 0.238. The van der Waals surface area contributed by atoms with Gasteiger partial charge >= 0.3 is 0 Å². The fourth-order valence-corrected chi connectivity index (χ4v) is 3.66. The maximum atomic E-state index is 12.3. The van der Waals surface area contributed by atoms with E-state index >= 15 is 0 Å². The van der Waals surface area contributed by atoms with Gasteiger partial charge in [-0.2, -0.15) is 0 Å². The third-order valence-corrected chi connectivity index (χ3v) is 5.39. The number of fused-ring (bicyclic) bond motifs is 1. The number of hydrogen-bond acceptors (Lipinski definition) is 3. The molecular weight excluding hydrogens is 344 g/mol. The number of carbonyl (C=O) groups excluding carboxylic acids is 1. The lowest BCUT2D eigenvalue weighted by molar-refractivity contribution is -0.113.